The SMILES string of the molecule is COC(=O)C(C(=O)OC)C(/C(=C/c1ccccc1)C(C)=O)c1ccccc1. The summed E-state index contributed by atoms with van der Waals surface area (Å²) in [5.74, 6) is -3.87. The van der Waals surface area contributed by atoms with E-state index in [9.17, 15) is 14.4 Å². The van der Waals surface area contributed by atoms with E-state index in [0.29, 0.717) is 11.1 Å². The Morgan fingerprint density at radius 1 is 0.815 bits per heavy atom. The van der Waals surface area contributed by atoms with Gasteiger partial charge in [-0.3, -0.25) is 14.4 Å². The first kappa shape index (κ1) is 20.1. The molecule has 2 aromatic rings. The zero-order valence-electron chi connectivity index (χ0n) is 15.5. The van der Waals surface area contributed by atoms with Crippen LogP contribution < -0.4 is 0 Å². The fourth-order valence-electron chi connectivity index (χ4n) is 2.97. The number of benzene rings is 2. The van der Waals surface area contributed by atoms with Crippen LogP contribution in [0.25, 0.3) is 6.08 Å². The lowest BCUT2D eigenvalue weighted by atomic mass is 9.78. The van der Waals surface area contributed by atoms with E-state index >= 15 is 0 Å². The number of hydrogen-bond donors (Lipinski definition) is 0. The van der Waals surface area contributed by atoms with Crippen LogP contribution in [0.2, 0.25) is 0 Å². The molecule has 140 valence electrons. The predicted molar refractivity (Wildman–Crippen MR) is 102 cm³/mol. The molecule has 27 heavy (non-hydrogen) atoms. The maximum Gasteiger partial charge on any atom is 0.321 e. The fraction of sp³-hybridized carbons (Fsp3) is 0.227. The Morgan fingerprint density at radius 2 is 1.30 bits per heavy atom. The van der Waals surface area contributed by atoms with Crippen molar-refractivity contribution in [3.63, 3.8) is 0 Å². The van der Waals surface area contributed by atoms with Crippen LogP contribution in [0.3, 0.4) is 0 Å². The minimum atomic E-state index is -1.29. The van der Waals surface area contributed by atoms with Gasteiger partial charge in [0.15, 0.2) is 11.7 Å². The minimum Gasteiger partial charge on any atom is -0.468 e. The maximum absolute atomic E-state index is 12.5. The van der Waals surface area contributed by atoms with Crippen LogP contribution in [0, 0.1) is 5.92 Å². The first-order chi connectivity index (χ1) is 13.0. The fourth-order valence-corrected chi connectivity index (χ4v) is 2.97. The number of hydrogen-bond acceptors (Lipinski definition) is 5. The van der Waals surface area contributed by atoms with E-state index in [2.05, 4.69) is 0 Å². The Hall–Kier alpha value is -3.21. The third-order valence-electron chi connectivity index (χ3n) is 4.27. The highest BCUT2D eigenvalue weighted by Crippen LogP contribution is 2.35. The molecule has 0 saturated carbocycles. The summed E-state index contributed by atoms with van der Waals surface area (Å²) in [6.45, 7) is 1.41. The Bertz CT molecular complexity index is 808. The molecule has 0 heterocycles. The third kappa shape index (κ3) is 4.91. The molecule has 0 N–H and O–H groups in total. The number of methoxy groups -OCH3 is 2. The summed E-state index contributed by atoms with van der Waals surface area (Å²) in [5.41, 5.74) is 1.76. The lowest BCUT2D eigenvalue weighted by molar-refractivity contribution is -0.159. The van der Waals surface area contributed by atoms with Crippen LogP contribution in [0.1, 0.15) is 24.0 Å². The largest absolute Gasteiger partial charge is 0.468 e. The van der Waals surface area contributed by atoms with Gasteiger partial charge in [-0.15, -0.1) is 0 Å². The van der Waals surface area contributed by atoms with Gasteiger partial charge in [0.1, 0.15) is 0 Å². The van der Waals surface area contributed by atoms with Crippen molar-refractivity contribution in [3.05, 3.63) is 77.4 Å². The van der Waals surface area contributed by atoms with E-state index in [1.807, 2.05) is 36.4 Å². The number of allylic oxidation sites excluding steroid dienone is 1. The number of carbonyl (C=O) groups excluding carboxylic acids is 3. The van der Waals surface area contributed by atoms with Crippen molar-refractivity contribution in [2.45, 2.75) is 12.8 Å². The lowest BCUT2D eigenvalue weighted by Crippen LogP contribution is -2.34. The van der Waals surface area contributed by atoms with Crippen molar-refractivity contribution in [1.82, 2.24) is 0 Å². The van der Waals surface area contributed by atoms with Crippen molar-refractivity contribution < 1.29 is 23.9 Å². The van der Waals surface area contributed by atoms with Gasteiger partial charge >= 0.3 is 11.9 Å². The topological polar surface area (TPSA) is 69.7 Å². The van der Waals surface area contributed by atoms with E-state index < -0.39 is 23.8 Å². The zero-order chi connectivity index (χ0) is 19.8. The average molecular weight is 366 g/mol. The summed E-state index contributed by atoms with van der Waals surface area (Å²) in [6, 6.07) is 18.2. The predicted octanol–water partition coefficient (Wildman–Crippen LogP) is 3.41. The lowest BCUT2D eigenvalue weighted by Gasteiger charge is -2.25. The Kier molecular flexibility index (Phi) is 7.06. The number of carbonyl (C=O) groups is 3. The summed E-state index contributed by atoms with van der Waals surface area (Å²) >= 11 is 0. The average Bonchev–Trinajstić information content (AvgIpc) is 2.70. The van der Waals surface area contributed by atoms with Crippen molar-refractivity contribution in [2.24, 2.45) is 5.92 Å². The van der Waals surface area contributed by atoms with E-state index in [0.717, 1.165) is 5.56 Å². The molecule has 0 aromatic heterocycles. The van der Waals surface area contributed by atoms with Crippen LogP contribution >= 0.6 is 0 Å². The molecule has 0 bridgehead atoms. The second kappa shape index (κ2) is 9.48. The van der Waals surface area contributed by atoms with Gasteiger partial charge in [0.2, 0.25) is 0 Å². The van der Waals surface area contributed by atoms with Crippen molar-refractivity contribution in [1.29, 1.82) is 0 Å². The highest BCUT2D eigenvalue weighted by molar-refractivity contribution is 6.04. The normalized spacial score (nSPS) is 12.4. The van der Waals surface area contributed by atoms with Crippen molar-refractivity contribution >= 4 is 23.8 Å². The van der Waals surface area contributed by atoms with E-state index in [1.54, 1.807) is 30.3 Å². The Labute approximate surface area is 158 Å². The summed E-state index contributed by atoms with van der Waals surface area (Å²) in [5, 5.41) is 0. The van der Waals surface area contributed by atoms with Crippen LogP contribution in [-0.2, 0) is 23.9 Å². The quantitative estimate of drug-likeness (QED) is 0.427. The molecule has 0 amide bonds. The number of esters is 2. The molecule has 2 rings (SSSR count). The smallest absolute Gasteiger partial charge is 0.321 e. The Balaban J connectivity index is 2.69. The highest BCUT2D eigenvalue weighted by atomic mass is 16.5. The number of ether oxygens (including phenoxy) is 2. The van der Waals surface area contributed by atoms with Crippen LogP contribution in [0.5, 0.6) is 0 Å². The number of rotatable bonds is 7. The molecule has 0 aliphatic heterocycles. The second-order valence-corrected chi connectivity index (χ2v) is 5.98. The molecule has 0 spiro atoms. The molecule has 2 aromatic carbocycles. The summed E-state index contributed by atoms with van der Waals surface area (Å²) < 4.78 is 9.68. The molecule has 0 saturated heterocycles. The van der Waals surface area contributed by atoms with Crippen molar-refractivity contribution in [3.8, 4) is 0 Å². The molecule has 1 atom stereocenters. The van der Waals surface area contributed by atoms with Crippen LogP contribution in [0.15, 0.2) is 66.2 Å². The molecule has 0 fully saturated rings. The third-order valence-corrected chi connectivity index (χ3v) is 4.27. The van der Waals surface area contributed by atoms with E-state index in [-0.39, 0.29) is 5.78 Å². The van der Waals surface area contributed by atoms with E-state index in [1.165, 1.54) is 21.1 Å². The maximum atomic E-state index is 12.5. The molecular weight excluding hydrogens is 344 g/mol. The van der Waals surface area contributed by atoms with Gasteiger partial charge in [-0.25, -0.2) is 0 Å². The van der Waals surface area contributed by atoms with Gasteiger partial charge in [0, 0.05) is 11.5 Å². The molecular formula is C22H22O5. The van der Waals surface area contributed by atoms with Gasteiger partial charge in [0.25, 0.3) is 0 Å². The molecule has 0 aliphatic rings. The molecule has 5 heteroatoms. The van der Waals surface area contributed by atoms with Crippen LogP contribution in [0.4, 0.5) is 0 Å². The highest BCUT2D eigenvalue weighted by Gasteiger charge is 2.41. The van der Waals surface area contributed by atoms with Gasteiger partial charge < -0.3 is 9.47 Å². The van der Waals surface area contributed by atoms with E-state index in [4.69, 9.17) is 9.47 Å². The van der Waals surface area contributed by atoms with Gasteiger partial charge in [-0.05, 0) is 24.1 Å². The van der Waals surface area contributed by atoms with Gasteiger partial charge in [0.05, 0.1) is 14.2 Å². The molecule has 0 radical (unpaired) electrons. The monoisotopic (exact) mass is 366 g/mol. The molecule has 0 aliphatic carbocycles. The van der Waals surface area contributed by atoms with Gasteiger partial charge in [-0.1, -0.05) is 60.7 Å². The second-order valence-electron chi connectivity index (χ2n) is 5.98. The molecule has 5 nitrogen and oxygen atoms in total. The standard InChI is InChI=1S/C22H22O5/c1-15(23)18(14-16-10-6-4-7-11-16)19(17-12-8-5-9-13-17)20(21(24)26-2)22(25)27-3/h4-14,19-20H,1-3H3/b18-14+. The first-order valence-electron chi connectivity index (χ1n) is 8.47. The Morgan fingerprint density at radius 3 is 1.74 bits per heavy atom. The minimum absolute atomic E-state index is 0.245. The zero-order valence-corrected chi connectivity index (χ0v) is 15.5. The van der Waals surface area contributed by atoms with Crippen LogP contribution in [-0.4, -0.2) is 31.9 Å². The van der Waals surface area contributed by atoms with Gasteiger partial charge in [-0.2, -0.15) is 0 Å². The summed E-state index contributed by atoms with van der Waals surface area (Å²) in [7, 11) is 2.41. The molecule has 1 unspecified atom stereocenters. The summed E-state index contributed by atoms with van der Waals surface area (Å²) in [6.07, 6.45) is 1.69. The number of Topliss-reactive ketones (excluding diaryl/α,β-unsaturated/α-hetero) is 1. The summed E-state index contributed by atoms with van der Waals surface area (Å²) in [4.78, 5) is 37.4. The number of ketones is 1. The van der Waals surface area contributed by atoms with Crippen molar-refractivity contribution in [2.75, 3.05) is 14.2 Å². The first-order valence-corrected chi connectivity index (χ1v) is 8.47.